The Hall–Kier alpha value is -0.620. The normalized spacial score (nSPS) is 9.00. The van der Waals surface area contributed by atoms with Crippen molar-refractivity contribution in [3.8, 4) is 0 Å². The average Bonchev–Trinajstić information content (AvgIpc) is 2.12. The molecular formula is C2H2N2O2S2. The van der Waals surface area contributed by atoms with Crippen LogP contribution in [0, 0.1) is 3.95 Å². The van der Waals surface area contributed by atoms with Gasteiger partial charge in [0.1, 0.15) is 5.51 Å². The van der Waals surface area contributed by atoms with Crippen molar-refractivity contribution in [1.82, 2.24) is 10.2 Å². The molecule has 0 aliphatic heterocycles. The largest absolute Gasteiger partial charge is 0.255 e. The third-order valence-electron chi connectivity index (χ3n) is 0.520. The molecule has 0 amide bonds. The summed E-state index contributed by atoms with van der Waals surface area (Å²) in [5.74, 6) is 0. The van der Waals surface area contributed by atoms with Crippen LogP contribution >= 0.6 is 11.3 Å². The average molecular weight is 150 g/mol. The second-order valence-electron chi connectivity index (χ2n) is 0.986. The Morgan fingerprint density at radius 1 is 1.75 bits per heavy atom. The summed E-state index contributed by atoms with van der Waals surface area (Å²) in [5, 5.41) is 5.74. The summed E-state index contributed by atoms with van der Waals surface area (Å²) in [6.07, 6.45) is 0. The van der Waals surface area contributed by atoms with Gasteiger partial charge in [-0.15, -0.1) is 0 Å². The van der Waals surface area contributed by atoms with E-state index in [9.17, 15) is 8.42 Å². The van der Waals surface area contributed by atoms with Gasteiger partial charge in [-0.05, 0) is 0 Å². The third-order valence-corrected chi connectivity index (χ3v) is 2.13. The van der Waals surface area contributed by atoms with Gasteiger partial charge >= 0.3 is 0 Å². The SMILES string of the molecule is O=S(=O)=c1[nH]ncs1. The van der Waals surface area contributed by atoms with Crippen LogP contribution in [0.15, 0.2) is 5.51 Å². The molecule has 0 atom stereocenters. The lowest BCUT2D eigenvalue weighted by Gasteiger charge is -1.54. The Bertz CT molecular complexity index is 293. The lowest BCUT2D eigenvalue weighted by Crippen LogP contribution is -1.65. The van der Waals surface area contributed by atoms with Gasteiger partial charge in [0.05, 0.1) is 0 Å². The Kier molecular flexibility index (Phi) is 1.45. The monoisotopic (exact) mass is 150 g/mol. The first kappa shape index (κ1) is 5.52. The Balaban J connectivity index is 3.78. The van der Waals surface area contributed by atoms with E-state index < -0.39 is 10.3 Å². The fourth-order valence-electron chi connectivity index (χ4n) is 0.256. The first-order valence-corrected chi connectivity index (χ1v) is 3.66. The Morgan fingerprint density at radius 2 is 2.50 bits per heavy atom. The number of H-pyrrole nitrogens is 1. The highest BCUT2D eigenvalue weighted by atomic mass is 32.2. The van der Waals surface area contributed by atoms with Crippen LogP contribution in [0.25, 0.3) is 0 Å². The molecule has 4 nitrogen and oxygen atoms in total. The van der Waals surface area contributed by atoms with E-state index in [0.29, 0.717) is 0 Å². The van der Waals surface area contributed by atoms with E-state index >= 15 is 0 Å². The van der Waals surface area contributed by atoms with Gasteiger partial charge in [0, 0.05) is 0 Å². The molecule has 0 saturated heterocycles. The molecule has 0 spiro atoms. The molecule has 0 aliphatic carbocycles. The zero-order valence-electron chi connectivity index (χ0n) is 3.66. The predicted molar refractivity (Wildman–Crippen MR) is 28.6 cm³/mol. The molecule has 1 aromatic heterocycles. The molecule has 0 radical (unpaired) electrons. The minimum atomic E-state index is -2.15. The van der Waals surface area contributed by atoms with Crippen molar-refractivity contribution in [3.63, 3.8) is 0 Å². The first-order chi connectivity index (χ1) is 3.80. The van der Waals surface area contributed by atoms with Crippen LogP contribution < -0.4 is 0 Å². The van der Waals surface area contributed by atoms with E-state index in [1.165, 1.54) is 5.51 Å². The van der Waals surface area contributed by atoms with Gasteiger partial charge in [0.15, 0.2) is 0 Å². The molecule has 8 heavy (non-hydrogen) atoms. The molecular weight excluding hydrogens is 148 g/mol. The second-order valence-corrected chi connectivity index (χ2v) is 2.98. The molecule has 6 heteroatoms. The third kappa shape index (κ3) is 0.958. The minimum absolute atomic E-state index is 0.157. The standard InChI is InChI=1S/C2H2N2O2S2/c5-8(6)2-4-3-1-7-2/h1,4H. The number of hydrogen-bond donors (Lipinski definition) is 1. The zero-order chi connectivity index (χ0) is 5.98. The van der Waals surface area contributed by atoms with Crippen LogP contribution in [-0.2, 0) is 10.3 Å². The second kappa shape index (κ2) is 2.10. The van der Waals surface area contributed by atoms with Gasteiger partial charge in [-0.25, -0.2) is 0 Å². The number of nitrogens with zero attached hydrogens (tertiary/aromatic N) is 1. The lowest BCUT2D eigenvalue weighted by molar-refractivity contribution is 0.624. The molecule has 0 unspecified atom stereocenters. The molecule has 1 aromatic rings. The van der Waals surface area contributed by atoms with Gasteiger partial charge in [-0.3, -0.25) is 5.10 Å². The van der Waals surface area contributed by atoms with Crippen molar-refractivity contribution in [2.75, 3.05) is 0 Å². The summed E-state index contributed by atoms with van der Waals surface area (Å²) in [7, 11) is -2.15. The highest BCUT2D eigenvalue weighted by Crippen LogP contribution is 1.87. The van der Waals surface area contributed by atoms with Crippen LogP contribution in [0.2, 0.25) is 0 Å². The fraction of sp³-hybridized carbons (Fsp3) is 0. The van der Waals surface area contributed by atoms with Gasteiger partial charge in [-0.2, -0.15) is 13.5 Å². The van der Waals surface area contributed by atoms with Gasteiger partial charge in [-0.1, -0.05) is 11.3 Å². The van der Waals surface area contributed by atoms with Crippen molar-refractivity contribution < 1.29 is 8.42 Å². The fourth-order valence-corrected chi connectivity index (χ4v) is 1.13. The van der Waals surface area contributed by atoms with Crippen molar-refractivity contribution >= 4 is 21.6 Å². The maximum atomic E-state index is 10.0. The van der Waals surface area contributed by atoms with Gasteiger partial charge in [0.25, 0.3) is 0 Å². The van der Waals surface area contributed by atoms with E-state index in [1.54, 1.807) is 0 Å². The van der Waals surface area contributed by atoms with E-state index in [1.807, 2.05) is 0 Å². The number of aromatic nitrogens is 2. The molecule has 44 valence electrons. The molecule has 1 N–H and O–H groups in total. The molecule has 1 rings (SSSR count). The summed E-state index contributed by atoms with van der Waals surface area (Å²) in [5.41, 5.74) is 1.42. The van der Waals surface area contributed by atoms with Crippen LogP contribution in [0.1, 0.15) is 0 Å². The summed E-state index contributed by atoms with van der Waals surface area (Å²) in [6.45, 7) is 0. The van der Waals surface area contributed by atoms with E-state index in [-0.39, 0.29) is 3.95 Å². The number of hydrogen-bond acceptors (Lipinski definition) is 4. The number of nitrogens with one attached hydrogen (secondary N) is 1. The Labute approximate surface area is 50.3 Å². The molecule has 0 bridgehead atoms. The molecule has 0 saturated carbocycles. The van der Waals surface area contributed by atoms with Crippen LogP contribution in [0.5, 0.6) is 0 Å². The summed E-state index contributed by atoms with van der Waals surface area (Å²) < 4.78 is 20.2. The number of rotatable bonds is 0. The topological polar surface area (TPSA) is 62.8 Å². The smallest absolute Gasteiger partial charge is 0.250 e. The van der Waals surface area contributed by atoms with E-state index in [2.05, 4.69) is 10.2 Å². The minimum Gasteiger partial charge on any atom is -0.255 e. The molecule has 0 aliphatic rings. The van der Waals surface area contributed by atoms with Crippen LogP contribution in [0.4, 0.5) is 0 Å². The maximum Gasteiger partial charge on any atom is 0.250 e. The highest BCUT2D eigenvalue weighted by Gasteiger charge is 1.78. The summed E-state index contributed by atoms with van der Waals surface area (Å²) in [4.78, 5) is 0. The van der Waals surface area contributed by atoms with E-state index in [4.69, 9.17) is 0 Å². The summed E-state index contributed by atoms with van der Waals surface area (Å²) >= 11 is 1.05. The Morgan fingerprint density at radius 3 is 2.75 bits per heavy atom. The van der Waals surface area contributed by atoms with Crippen LogP contribution in [-0.4, -0.2) is 18.6 Å². The lowest BCUT2D eigenvalue weighted by atomic mass is 11.6. The molecule has 0 fully saturated rings. The van der Waals surface area contributed by atoms with Crippen molar-refractivity contribution in [2.24, 2.45) is 0 Å². The summed E-state index contributed by atoms with van der Waals surface area (Å²) in [6, 6.07) is 0. The molecule has 1 heterocycles. The zero-order valence-corrected chi connectivity index (χ0v) is 5.29. The van der Waals surface area contributed by atoms with Crippen molar-refractivity contribution in [3.05, 3.63) is 9.46 Å². The highest BCUT2D eigenvalue weighted by molar-refractivity contribution is 7.66. The van der Waals surface area contributed by atoms with Crippen LogP contribution in [0.3, 0.4) is 0 Å². The van der Waals surface area contributed by atoms with Gasteiger partial charge in [0.2, 0.25) is 14.2 Å². The maximum absolute atomic E-state index is 10.0. The van der Waals surface area contributed by atoms with Gasteiger partial charge < -0.3 is 0 Å². The van der Waals surface area contributed by atoms with Crippen molar-refractivity contribution in [1.29, 1.82) is 0 Å². The predicted octanol–water partition coefficient (Wildman–Crippen LogP) is -0.118. The number of aromatic amines is 1. The first-order valence-electron chi connectivity index (χ1n) is 1.71. The van der Waals surface area contributed by atoms with Crippen molar-refractivity contribution in [2.45, 2.75) is 0 Å². The quantitative estimate of drug-likeness (QED) is 0.524. The molecule has 0 aromatic carbocycles. The van der Waals surface area contributed by atoms with E-state index in [0.717, 1.165) is 11.3 Å².